The molecule has 3 aliphatic rings. The summed E-state index contributed by atoms with van der Waals surface area (Å²) in [5.41, 5.74) is 0.245. The first kappa shape index (κ1) is 17.8. The molecular weight excluding hydrogens is 348 g/mol. The van der Waals surface area contributed by atoms with Gasteiger partial charge in [-0.2, -0.15) is 0 Å². The number of nitrogens with zero attached hydrogens (tertiary/aromatic N) is 2. The number of hydroxylamine groups is 4. The number of carbonyl (C=O) groups is 6. The maximum atomic E-state index is 12.1. The van der Waals surface area contributed by atoms with Gasteiger partial charge >= 0.3 is 11.9 Å². The van der Waals surface area contributed by atoms with Crippen molar-refractivity contribution < 1.29 is 38.4 Å². The molecule has 2 fully saturated rings. The van der Waals surface area contributed by atoms with Crippen molar-refractivity contribution in [1.82, 2.24) is 10.1 Å². The Morgan fingerprint density at radius 2 is 1.31 bits per heavy atom. The van der Waals surface area contributed by atoms with E-state index in [1.807, 2.05) is 0 Å². The van der Waals surface area contributed by atoms with Crippen molar-refractivity contribution in [3.05, 3.63) is 11.6 Å². The second kappa shape index (κ2) is 7.06. The Hall–Kier alpha value is -3.04. The fraction of sp³-hybridized carbons (Fsp3) is 0.500. The summed E-state index contributed by atoms with van der Waals surface area (Å²) in [6.07, 6.45) is 2.09. The minimum Gasteiger partial charge on any atom is -0.330 e. The van der Waals surface area contributed by atoms with Gasteiger partial charge in [-0.1, -0.05) is 6.08 Å². The third-order valence-electron chi connectivity index (χ3n) is 4.37. The molecule has 1 atom stereocenters. The standard InChI is InChI=1S/C16H16N2O8/c19-11-5-6-12(20)17(11)25-15(23)9-1-2-10(4-3-9)16(24)26-18-13(21)7-8-14(18)22/h1,10H,2-8H2/t10-/m0/s1. The maximum Gasteiger partial charge on any atom is 0.359 e. The van der Waals surface area contributed by atoms with Gasteiger partial charge in [-0.15, -0.1) is 10.1 Å². The van der Waals surface area contributed by atoms with Crippen molar-refractivity contribution in [2.24, 2.45) is 5.92 Å². The van der Waals surface area contributed by atoms with E-state index in [2.05, 4.69) is 0 Å². The minimum atomic E-state index is -0.815. The van der Waals surface area contributed by atoms with E-state index in [-0.39, 0.29) is 50.5 Å². The molecule has 0 spiro atoms. The lowest BCUT2D eigenvalue weighted by Gasteiger charge is -2.22. The lowest BCUT2D eigenvalue weighted by molar-refractivity contribution is -0.201. The van der Waals surface area contributed by atoms with Crippen LogP contribution in [0.5, 0.6) is 0 Å². The topological polar surface area (TPSA) is 127 Å². The zero-order chi connectivity index (χ0) is 18.8. The van der Waals surface area contributed by atoms with Gasteiger partial charge in [0.1, 0.15) is 0 Å². The average molecular weight is 364 g/mol. The summed E-state index contributed by atoms with van der Waals surface area (Å²) in [5.74, 6) is -4.39. The van der Waals surface area contributed by atoms with Crippen molar-refractivity contribution in [3.63, 3.8) is 0 Å². The Bertz CT molecular complexity index is 709. The summed E-state index contributed by atoms with van der Waals surface area (Å²) in [5, 5.41) is 0.953. The number of allylic oxidation sites excluding steroid dienone is 1. The molecule has 26 heavy (non-hydrogen) atoms. The summed E-state index contributed by atoms with van der Waals surface area (Å²) in [4.78, 5) is 79.6. The van der Waals surface area contributed by atoms with Gasteiger partial charge in [-0.25, -0.2) is 9.59 Å². The zero-order valence-electron chi connectivity index (χ0n) is 13.8. The molecular formula is C16H16N2O8. The molecule has 0 aromatic carbocycles. The van der Waals surface area contributed by atoms with Crippen LogP contribution in [0.15, 0.2) is 11.6 Å². The Kier molecular flexibility index (Phi) is 4.83. The van der Waals surface area contributed by atoms with Gasteiger partial charge in [0.2, 0.25) is 0 Å². The molecule has 2 aliphatic heterocycles. The molecule has 0 unspecified atom stereocenters. The van der Waals surface area contributed by atoms with Gasteiger partial charge in [0, 0.05) is 31.3 Å². The van der Waals surface area contributed by atoms with Crippen molar-refractivity contribution in [1.29, 1.82) is 0 Å². The first-order valence-electron chi connectivity index (χ1n) is 8.21. The fourth-order valence-electron chi connectivity index (χ4n) is 2.86. The number of carbonyl (C=O) groups excluding carboxylic acids is 6. The number of hydrogen-bond acceptors (Lipinski definition) is 8. The third kappa shape index (κ3) is 3.48. The largest absolute Gasteiger partial charge is 0.359 e. The van der Waals surface area contributed by atoms with E-state index in [1.54, 1.807) is 0 Å². The Morgan fingerprint density at radius 1 is 0.808 bits per heavy atom. The van der Waals surface area contributed by atoms with E-state index in [4.69, 9.17) is 9.68 Å². The molecule has 0 N–H and O–H groups in total. The molecule has 4 amide bonds. The van der Waals surface area contributed by atoms with E-state index in [0.29, 0.717) is 10.1 Å². The summed E-state index contributed by atoms with van der Waals surface area (Å²) >= 11 is 0. The minimum absolute atomic E-state index is 0.00696. The van der Waals surface area contributed by atoms with Crippen molar-refractivity contribution in [2.45, 2.75) is 44.9 Å². The number of amides is 4. The number of rotatable bonds is 4. The zero-order valence-corrected chi connectivity index (χ0v) is 13.8. The van der Waals surface area contributed by atoms with E-state index in [1.165, 1.54) is 6.08 Å². The Morgan fingerprint density at radius 3 is 1.77 bits per heavy atom. The third-order valence-corrected chi connectivity index (χ3v) is 4.37. The quantitative estimate of drug-likeness (QED) is 0.634. The highest BCUT2D eigenvalue weighted by Crippen LogP contribution is 2.27. The van der Waals surface area contributed by atoms with Gasteiger partial charge < -0.3 is 9.68 Å². The van der Waals surface area contributed by atoms with Gasteiger partial charge in [-0.05, 0) is 19.3 Å². The molecule has 2 heterocycles. The Balaban J connectivity index is 1.54. The molecule has 10 heteroatoms. The van der Waals surface area contributed by atoms with Gasteiger partial charge in [0.05, 0.1) is 5.92 Å². The van der Waals surface area contributed by atoms with Crippen molar-refractivity contribution in [2.75, 3.05) is 0 Å². The van der Waals surface area contributed by atoms with Gasteiger partial charge in [0.15, 0.2) is 0 Å². The molecule has 138 valence electrons. The molecule has 0 aromatic rings. The Labute approximate surface area is 147 Å². The van der Waals surface area contributed by atoms with Crippen LogP contribution in [0.4, 0.5) is 0 Å². The van der Waals surface area contributed by atoms with E-state index < -0.39 is 41.5 Å². The molecule has 10 nitrogen and oxygen atoms in total. The summed E-state index contributed by atoms with van der Waals surface area (Å²) in [7, 11) is 0. The molecule has 0 aromatic heterocycles. The van der Waals surface area contributed by atoms with Crippen molar-refractivity contribution in [3.8, 4) is 0 Å². The van der Waals surface area contributed by atoms with Crippen LogP contribution >= 0.6 is 0 Å². The summed E-state index contributed by atoms with van der Waals surface area (Å²) in [6, 6.07) is 0. The maximum absolute atomic E-state index is 12.1. The van der Waals surface area contributed by atoms with Gasteiger partial charge in [-0.3, -0.25) is 19.2 Å². The second-order valence-corrected chi connectivity index (χ2v) is 6.15. The highest BCUT2D eigenvalue weighted by molar-refractivity contribution is 6.03. The first-order chi connectivity index (χ1) is 12.4. The normalized spacial score (nSPS) is 23.4. The highest BCUT2D eigenvalue weighted by atomic mass is 16.7. The van der Waals surface area contributed by atoms with Crippen LogP contribution in [0.3, 0.4) is 0 Å². The van der Waals surface area contributed by atoms with Crippen LogP contribution < -0.4 is 0 Å². The number of hydrogen-bond donors (Lipinski definition) is 0. The van der Waals surface area contributed by atoms with E-state index in [0.717, 1.165) is 0 Å². The van der Waals surface area contributed by atoms with Crippen LogP contribution in [0.2, 0.25) is 0 Å². The fourth-order valence-corrected chi connectivity index (χ4v) is 2.86. The van der Waals surface area contributed by atoms with Crippen LogP contribution in [0.1, 0.15) is 44.9 Å². The molecule has 0 bridgehead atoms. The molecule has 0 saturated carbocycles. The lowest BCUT2D eigenvalue weighted by atomic mass is 9.90. The SMILES string of the molecule is O=C(ON1C(=O)CCC1=O)C1=CC[C@H](C(=O)ON2C(=O)CCC2=O)CC1. The average Bonchev–Trinajstić information content (AvgIpc) is 3.12. The predicted molar refractivity (Wildman–Crippen MR) is 79.8 cm³/mol. The smallest absolute Gasteiger partial charge is 0.330 e. The predicted octanol–water partition coefficient (Wildman–Crippen LogP) is -0.0727. The first-order valence-corrected chi connectivity index (χ1v) is 8.21. The molecule has 0 radical (unpaired) electrons. The van der Waals surface area contributed by atoms with Crippen molar-refractivity contribution >= 4 is 35.6 Å². The van der Waals surface area contributed by atoms with Crippen LogP contribution in [-0.2, 0) is 38.4 Å². The second-order valence-electron chi connectivity index (χ2n) is 6.15. The van der Waals surface area contributed by atoms with E-state index in [9.17, 15) is 28.8 Å². The van der Waals surface area contributed by atoms with Crippen LogP contribution in [0.25, 0.3) is 0 Å². The lowest BCUT2D eigenvalue weighted by Crippen LogP contribution is -2.35. The summed E-state index contributed by atoms with van der Waals surface area (Å²) < 4.78 is 0. The molecule has 1 aliphatic carbocycles. The molecule has 3 rings (SSSR count). The van der Waals surface area contributed by atoms with Crippen LogP contribution in [-0.4, -0.2) is 45.7 Å². The number of imide groups is 2. The van der Waals surface area contributed by atoms with Gasteiger partial charge in [0.25, 0.3) is 23.6 Å². The van der Waals surface area contributed by atoms with E-state index >= 15 is 0 Å². The molecule has 2 saturated heterocycles. The summed E-state index contributed by atoms with van der Waals surface area (Å²) in [6.45, 7) is 0. The monoisotopic (exact) mass is 364 g/mol. The highest BCUT2D eigenvalue weighted by Gasteiger charge is 2.37. The van der Waals surface area contributed by atoms with Crippen LogP contribution in [0, 0.1) is 5.92 Å².